The molecule has 0 N–H and O–H groups in total. The van der Waals surface area contributed by atoms with Gasteiger partial charge in [0.2, 0.25) is 4.80 Å². The number of methoxy groups -OCH3 is 1. The number of hydrogen-bond donors (Lipinski definition) is 0. The Labute approximate surface area is 159 Å². The van der Waals surface area contributed by atoms with E-state index in [1.54, 1.807) is 19.2 Å². The maximum atomic E-state index is 12.6. The van der Waals surface area contributed by atoms with Crippen molar-refractivity contribution in [3.8, 4) is 0 Å². The van der Waals surface area contributed by atoms with E-state index < -0.39 is 10.0 Å². The van der Waals surface area contributed by atoms with Gasteiger partial charge >= 0.3 is 0 Å². The molecule has 3 rings (SSSR count). The van der Waals surface area contributed by atoms with Gasteiger partial charge in [-0.3, -0.25) is 0 Å². The Balaban J connectivity index is 2.18. The molecule has 0 aliphatic heterocycles. The van der Waals surface area contributed by atoms with E-state index in [-0.39, 0.29) is 4.90 Å². The van der Waals surface area contributed by atoms with Crippen LogP contribution in [0.25, 0.3) is 10.2 Å². The third-order valence-electron chi connectivity index (χ3n) is 3.47. The van der Waals surface area contributed by atoms with Crippen LogP contribution in [0.3, 0.4) is 0 Å². The highest BCUT2D eigenvalue weighted by molar-refractivity contribution is 7.90. The molecule has 0 spiro atoms. The van der Waals surface area contributed by atoms with Crippen LogP contribution in [0.1, 0.15) is 0 Å². The Morgan fingerprint density at radius 3 is 2.48 bits per heavy atom. The molecule has 3 aromatic rings. The Kier molecular flexibility index (Phi) is 5.50. The lowest BCUT2D eigenvalue weighted by Gasteiger charge is -2.04. The highest BCUT2D eigenvalue weighted by atomic mass is 35.5. The molecule has 0 fully saturated rings. The number of aromatic nitrogens is 1. The third kappa shape index (κ3) is 4.07. The van der Waals surface area contributed by atoms with Crippen LogP contribution in [-0.2, 0) is 21.3 Å². The highest BCUT2D eigenvalue weighted by Crippen LogP contribution is 2.23. The SMILES string of the molecule is COCCn1/c(=N/S(=O)(=O)c2ccc(Cl)cc2)sc2cc(Cl)ccc21. The normalized spacial score (nSPS) is 12.8. The van der Waals surface area contributed by atoms with Gasteiger partial charge in [-0.05, 0) is 42.5 Å². The molecule has 0 aliphatic rings. The lowest BCUT2D eigenvalue weighted by Crippen LogP contribution is -2.19. The third-order valence-corrected chi connectivity index (χ3v) is 6.40. The van der Waals surface area contributed by atoms with Crippen LogP contribution >= 0.6 is 34.5 Å². The average molecular weight is 417 g/mol. The van der Waals surface area contributed by atoms with E-state index in [4.69, 9.17) is 27.9 Å². The van der Waals surface area contributed by atoms with Crippen LogP contribution in [0.5, 0.6) is 0 Å². The molecule has 0 aliphatic carbocycles. The molecular weight excluding hydrogens is 403 g/mol. The van der Waals surface area contributed by atoms with E-state index in [1.165, 1.54) is 35.6 Å². The molecule has 132 valence electrons. The first-order chi connectivity index (χ1) is 11.9. The van der Waals surface area contributed by atoms with Crippen LogP contribution in [0.15, 0.2) is 51.8 Å². The Bertz CT molecular complexity index is 1070. The van der Waals surface area contributed by atoms with E-state index in [9.17, 15) is 8.42 Å². The first kappa shape index (κ1) is 18.4. The van der Waals surface area contributed by atoms with Crippen molar-refractivity contribution >= 4 is 54.8 Å². The van der Waals surface area contributed by atoms with Gasteiger partial charge in [0.05, 0.1) is 21.7 Å². The maximum absolute atomic E-state index is 12.6. The van der Waals surface area contributed by atoms with E-state index in [2.05, 4.69) is 4.40 Å². The van der Waals surface area contributed by atoms with Gasteiger partial charge in [0, 0.05) is 23.7 Å². The van der Waals surface area contributed by atoms with Crippen molar-refractivity contribution < 1.29 is 13.2 Å². The molecule has 25 heavy (non-hydrogen) atoms. The fraction of sp³-hybridized carbons (Fsp3) is 0.188. The molecule has 9 heteroatoms. The van der Waals surface area contributed by atoms with E-state index in [0.29, 0.717) is 28.0 Å². The summed E-state index contributed by atoms with van der Waals surface area (Å²) in [7, 11) is -2.26. The number of thiazole rings is 1. The van der Waals surface area contributed by atoms with Gasteiger partial charge in [-0.15, -0.1) is 4.40 Å². The van der Waals surface area contributed by atoms with Gasteiger partial charge in [-0.1, -0.05) is 34.5 Å². The maximum Gasteiger partial charge on any atom is 0.285 e. The lowest BCUT2D eigenvalue weighted by atomic mass is 10.3. The minimum absolute atomic E-state index is 0.0886. The summed E-state index contributed by atoms with van der Waals surface area (Å²) in [5, 5.41) is 1.05. The Morgan fingerprint density at radius 2 is 1.80 bits per heavy atom. The zero-order valence-electron chi connectivity index (χ0n) is 13.1. The zero-order valence-corrected chi connectivity index (χ0v) is 16.3. The fourth-order valence-electron chi connectivity index (χ4n) is 2.28. The second kappa shape index (κ2) is 7.47. The minimum Gasteiger partial charge on any atom is -0.383 e. The number of fused-ring (bicyclic) bond motifs is 1. The monoisotopic (exact) mass is 416 g/mol. The first-order valence-corrected chi connectivity index (χ1v) is 10.3. The molecule has 2 aromatic carbocycles. The van der Waals surface area contributed by atoms with Crippen LogP contribution in [0.4, 0.5) is 0 Å². The van der Waals surface area contributed by atoms with Crippen molar-refractivity contribution in [3.05, 3.63) is 57.3 Å². The molecule has 1 aromatic heterocycles. The Morgan fingerprint density at radius 1 is 1.12 bits per heavy atom. The lowest BCUT2D eigenvalue weighted by molar-refractivity contribution is 0.187. The summed E-state index contributed by atoms with van der Waals surface area (Å²) in [5.74, 6) is 0. The predicted molar refractivity (Wildman–Crippen MR) is 101 cm³/mol. The predicted octanol–water partition coefficient (Wildman–Crippen LogP) is 3.95. The van der Waals surface area contributed by atoms with Gasteiger partial charge < -0.3 is 9.30 Å². The first-order valence-electron chi connectivity index (χ1n) is 7.25. The summed E-state index contributed by atoms with van der Waals surface area (Å²) in [5.41, 5.74) is 0.858. The number of benzene rings is 2. The van der Waals surface area contributed by atoms with E-state index >= 15 is 0 Å². The smallest absolute Gasteiger partial charge is 0.285 e. The van der Waals surface area contributed by atoms with Crippen molar-refractivity contribution in [3.63, 3.8) is 0 Å². The highest BCUT2D eigenvalue weighted by Gasteiger charge is 2.15. The van der Waals surface area contributed by atoms with Gasteiger partial charge in [0.15, 0.2) is 0 Å². The molecule has 0 amide bonds. The molecule has 1 heterocycles. The molecule has 0 unspecified atom stereocenters. The quantitative estimate of drug-likeness (QED) is 0.632. The van der Waals surface area contributed by atoms with Crippen LogP contribution < -0.4 is 4.80 Å². The topological polar surface area (TPSA) is 60.7 Å². The van der Waals surface area contributed by atoms with Crippen molar-refractivity contribution in [1.29, 1.82) is 0 Å². The second-order valence-corrected chi connectivity index (χ2v) is 8.65. The zero-order chi connectivity index (χ0) is 18.0. The number of halogens is 2. The van der Waals surface area contributed by atoms with Gasteiger partial charge in [0.25, 0.3) is 10.0 Å². The van der Waals surface area contributed by atoms with Crippen LogP contribution in [0.2, 0.25) is 10.0 Å². The summed E-state index contributed by atoms with van der Waals surface area (Å²) in [6.07, 6.45) is 0. The summed E-state index contributed by atoms with van der Waals surface area (Å²) >= 11 is 13.1. The molecule has 0 radical (unpaired) electrons. The standard InChI is InChI=1S/C16H14Cl2N2O3S2/c1-23-9-8-20-14-7-4-12(18)10-15(14)24-16(20)19-25(21,22)13-5-2-11(17)3-6-13/h2-7,10H,8-9H2,1H3/b19-16-. The number of hydrogen-bond acceptors (Lipinski definition) is 4. The van der Waals surface area contributed by atoms with Gasteiger partial charge in [-0.2, -0.15) is 8.42 Å². The molecular formula is C16H14Cl2N2O3S2. The average Bonchev–Trinajstić information content (AvgIpc) is 2.88. The molecule has 0 saturated heterocycles. The van der Waals surface area contributed by atoms with E-state index in [1.807, 2.05) is 10.6 Å². The second-order valence-electron chi connectivity index (χ2n) is 5.16. The number of ether oxygens (including phenoxy) is 1. The number of rotatable bonds is 5. The van der Waals surface area contributed by atoms with Crippen LogP contribution in [0, 0.1) is 0 Å². The fourth-order valence-corrected chi connectivity index (χ4v) is 4.94. The summed E-state index contributed by atoms with van der Waals surface area (Å²) < 4.78 is 37.0. The molecule has 0 bridgehead atoms. The van der Waals surface area contributed by atoms with Crippen molar-refractivity contribution in [2.45, 2.75) is 11.4 Å². The Hall–Kier alpha value is -1.38. The largest absolute Gasteiger partial charge is 0.383 e. The van der Waals surface area contributed by atoms with Crippen molar-refractivity contribution in [2.24, 2.45) is 4.40 Å². The molecule has 5 nitrogen and oxygen atoms in total. The minimum atomic E-state index is -3.85. The van der Waals surface area contributed by atoms with Crippen molar-refractivity contribution in [1.82, 2.24) is 4.57 Å². The van der Waals surface area contributed by atoms with E-state index in [0.717, 1.165) is 10.2 Å². The molecule has 0 saturated carbocycles. The van der Waals surface area contributed by atoms with Crippen LogP contribution in [-0.4, -0.2) is 26.7 Å². The van der Waals surface area contributed by atoms with Gasteiger partial charge in [0.1, 0.15) is 0 Å². The molecule has 0 atom stereocenters. The summed E-state index contributed by atoms with van der Waals surface area (Å²) in [6, 6.07) is 11.3. The number of nitrogens with zero attached hydrogens (tertiary/aromatic N) is 2. The summed E-state index contributed by atoms with van der Waals surface area (Å²) in [4.78, 5) is 0.454. The summed E-state index contributed by atoms with van der Waals surface area (Å²) in [6.45, 7) is 0.912. The van der Waals surface area contributed by atoms with Gasteiger partial charge in [-0.25, -0.2) is 0 Å². The number of sulfonamides is 1. The van der Waals surface area contributed by atoms with Crippen molar-refractivity contribution in [2.75, 3.05) is 13.7 Å².